The van der Waals surface area contributed by atoms with Gasteiger partial charge in [0.2, 0.25) is 0 Å². The van der Waals surface area contributed by atoms with Crippen molar-refractivity contribution < 1.29 is 18.7 Å². The maximum atomic E-state index is 14.2. The molecule has 0 spiro atoms. The Hall–Kier alpha value is -2.96. The van der Waals surface area contributed by atoms with E-state index in [1.165, 1.54) is 13.2 Å². The first kappa shape index (κ1) is 21.3. The smallest absolute Gasteiger partial charge is 0.253 e. The lowest BCUT2D eigenvalue weighted by Crippen LogP contribution is -2.49. The fraction of sp³-hybridized carbons (Fsp3) is 0.320. The molecule has 0 aromatic heterocycles. The Morgan fingerprint density at radius 3 is 2.52 bits per heavy atom. The lowest BCUT2D eigenvalue weighted by atomic mass is 9.96. The van der Waals surface area contributed by atoms with E-state index in [4.69, 9.17) is 9.47 Å². The SMILES string of the molecule is COCCN1CCN(C(=O)c2ccc3c(-c4ccc(OC)c(F)c4)cccc3c2)CC1. The standard InChI is InChI=1S/C25H27FN2O3/c1-30-15-14-27-10-12-28(13-11-27)25(29)20-6-8-22-18(16-20)4-3-5-21(22)19-7-9-24(31-2)23(26)17-19/h3-9,16-17H,10-15H2,1-2H3. The molecule has 1 saturated heterocycles. The molecule has 0 aliphatic carbocycles. The molecule has 5 nitrogen and oxygen atoms in total. The number of carbonyl (C=O) groups excluding carboxylic acids is 1. The number of carbonyl (C=O) groups is 1. The van der Waals surface area contributed by atoms with Crippen LogP contribution in [0.1, 0.15) is 10.4 Å². The summed E-state index contributed by atoms with van der Waals surface area (Å²) in [5.41, 5.74) is 2.37. The second-order valence-electron chi connectivity index (χ2n) is 7.72. The third-order valence-corrected chi connectivity index (χ3v) is 5.86. The molecule has 1 heterocycles. The van der Waals surface area contributed by atoms with E-state index in [0.717, 1.165) is 41.5 Å². The zero-order valence-electron chi connectivity index (χ0n) is 17.9. The van der Waals surface area contributed by atoms with E-state index < -0.39 is 5.82 Å². The van der Waals surface area contributed by atoms with Gasteiger partial charge in [-0.05, 0) is 46.2 Å². The number of nitrogens with zero attached hydrogens (tertiary/aromatic N) is 2. The average Bonchev–Trinajstić information content (AvgIpc) is 2.81. The third-order valence-electron chi connectivity index (χ3n) is 5.86. The molecular formula is C25H27FN2O3. The summed E-state index contributed by atoms with van der Waals surface area (Å²) < 4.78 is 24.4. The second-order valence-corrected chi connectivity index (χ2v) is 7.72. The molecule has 4 rings (SSSR count). The summed E-state index contributed by atoms with van der Waals surface area (Å²) in [5, 5.41) is 1.94. The molecule has 0 saturated carbocycles. The number of methoxy groups -OCH3 is 2. The highest BCUT2D eigenvalue weighted by Crippen LogP contribution is 2.32. The summed E-state index contributed by atoms with van der Waals surface area (Å²) in [4.78, 5) is 17.3. The van der Waals surface area contributed by atoms with Crippen molar-refractivity contribution in [1.82, 2.24) is 9.80 Å². The highest BCUT2D eigenvalue weighted by atomic mass is 19.1. The van der Waals surface area contributed by atoms with Gasteiger partial charge < -0.3 is 14.4 Å². The van der Waals surface area contributed by atoms with Crippen LogP contribution < -0.4 is 4.74 Å². The van der Waals surface area contributed by atoms with Gasteiger partial charge in [0.05, 0.1) is 13.7 Å². The number of benzene rings is 3. The Bertz CT molecular complexity index is 1080. The maximum Gasteiger partial charge on any atom is 0.253 e. The fourth-order valence-electron chi connectivity index (χ4n) is 4.08. The van der Waals surface area contributed by atoms with Crippen molar-refractivity contribution in [3.63, 3.8) is 0 Å². The van der Waals surface area contributed by atoms with Gasteiger partial charge in [0.1, 0.15) is 0 Å². The molecule has 0 radical (unpaired) electrons. The van der Waals surface area contributed by atoms with Crippen LogP contribution in [0.4, 0.5) is 4.39 Å². The molecule has 1 amide bonds. The molecule has 0 N–H and O–H groups in total. The average molecular weight is 423 g/mol. The summed E-state index contributed by atoms with van der Waals surface area (Å²) in [6, 6.07) is 16.6. The molecule has 3 aromatic carbocycles. The molecular weight excluding hydrogens is 395 g/mol. The van der Waals surface area contributed by atoms with Gasteiger partial charge in [0.15, 0.2) is 11.6 Å². The van der Waals surface area contributed by atoms with Crippen molar-refractivity contribution >= 4 is 16.7 Å². The van der Waals surface area contributed by atoms with Gasteiger partial charge >= 0.3 is 0 Å². The van der Waals surface area contributed by atoms with Crippen molar-refractivity contribution in [2.75, 3.05) is 53.6 Å². The van der Waals surface area contributed by atoms with Gasteiger partial charge in [-0.1, -0.05) is 30.3 Å². The molecule has 1 aliphatic rings. The minimum Gasteiger partial charge on any atom is -0.494 e. The summed E-state index contributed by atoms with van der Waals surface area (Å²) >= 11 is 0. The largest absolute Gasteiger partial charge is 0.494 e. The molecule has 162 valence electrons. The quantitative estimate of drug-likeness (QED) is 0.601. The van der Waals surface area contributed by atoms with Gasteiger partial charge in [0, 0.05) is 45.4 Å². The Morgan fingerprint density at radius 1 is 1.00 bits per heavy atom. The predicted octanol–water partition coefficient (Wildman–Crippen LogP) is 4.06. The summed E-state index contributed by atoms with van der Waals surface area (Å²) in [7, 11) is 3.16. The fourth-order valence-corrected chi connectivity index (χ4v) is 4.08. The van der Waals surface area contributed by atoms with Crippen LogP contribution in [0, 0.1) is 5.82 Å². The molecule has 0 bridgehead atoms. The van der Waals surface area contributed by atoms with Gasteiger partial charge in [-0.2, -0.15) is 0 Å². The van der Waals surface area contributed by atoms with Crippen LogP contribution in [-0.2, 0) is 4.74 Å². The van der Waals surface area contributed by atoms with Crippen molar-refractivity contribution in [1.29, 1.82) is 0 Å². The van der Waals surface area contributed by atoms with E-state index in [1.807, 2.05) is 47.4 Å². The first-order valence-corrected chi connectivity index (χ1v) is 10.5. The zero-order valence-corrected chi connectivity index (χ0v) is 17.9. The number of rotatable bonds is 6. The third kappa shape index (κ3) is 4.55. The lowest BCUT2D eigenvalue weighted by molar-refractivity contribution is 0.0594. The zero-order chi connectivity index (χ0) is 21.8. The Morgan fingerprint density at radius 2 is 1.81 bits per heavy atom. The second kappa shape index (κ2) is 9.45. The van der Waals surface area contributed by atoms with Crippen LogP contribution in [0.15, 0.2) is 54.6 Å². The Labute approximate surface area is 182 Å². The molecule has 31 heavy (non-hydrogen) atoms. The van der Waals surface area contributed by atoms with E-state index in [9.17, 15) is 9.18 Å². The van der Waals surface area contributed by atoms with Crippen LogP contribution in [-0.4, -0.2) is 69.3 Å². The number of ether oxygens (including phenoxy) is 2. The number of hydrogen-bond donors (Lipinski definition) is 0. The van der Waals surface area contributed by atoms with Crippen LogP contribution in [0.3, 0.4) is 0 Å². The number of halogens is 1. The van der Waals surface area contributed by atoms with E-state index >= 15 is 0 Å². The van der Waals surface area contributed by atoms with Crippen molar-refractivity contribution in [2.24, 2.45) is 0 Å². The van der Waals surface area contributed by atoms with E-state index in [2.05, 4.69) is 4.90 Å². The summed E-state index contributed by atoms with van der Waals surface area (Å²) in [6.45, 7) is 4.74. The van der Waals surface area contributed by atoms with Crippen LogP contribution >= 0.6 is 0 Å². The van der Waals surface area contributed by atoms with E-state index in [-0.39, 0.29) is 11.7 Å². The van der Waals surface area contributed by atoms with E-state index in [1.54, 1.807) is 13.2 Å². The molecule has 3 aromatic rings. The van der Waals surface area contributed by atoms with Gasteiger partial charge in [-0.25, -0.2) is 4.39 Å². The number of piperazine rings is 1. The van der Waals surface area contributed by atoms with Crippen LogP contribution in [0.2, 0.25) is 0 Å². The van der Waals surface area contributed by atoms with Crippen molar-refractivity contribution in [3.8, 4) is 16.9 Å². The summed E-state index contributed by atoms with van der Waals surface area (Å²) in [6.07, 6.45) is 0. The maximum absolute atomic E-state index is 14.2. The van der Waals surface area contributed by atoms with Gasteiger partial charge in [0.25, 0.3) is 5.91 Å². The first-order chi connectivity index (χ1) is 15.1. The number of fused-ring (bicyclic) bond motifs is 1. The molecule has 6 heteroatoms. The van der Waals surface area contributed by atoms with E-state index in [0.29, 0.717) is 25.3 Å². The number of hydrogen-bond acceptors (Lipinski definition) is 4. The molecule has 1 aliphatic heterocycles. The van der Waals surface area contributed by atoms with Crippen LogP contribution in [0.25, 0.3) is 21.9 Å². The number of amides is 1. The summed E-state index contributed by atoms with van der Waals surface area (Å²) in [5.74, 6) is -0.123. The minimum atomic E-state index is -0.395. The highest BCUT2D eigenvalue weighted by Gasteiger charge is 2.22. The van der Waals surface area contributed by atoms with Gasteiger partial charge in [-0.15, -0.1) is 0 Å². The lowest BCUT2D eigenvalue weighted by Gasteiger charge is -2.34. The van der Waals surface area contributed by atoms with Crippen molar-refractivity contribution in [2.45, 2.75) is 0 Å². The topological polar surface area (TPSA) is 42.0 Å². The molecule has 0 unspecified atom stereocenters. The van der Waals surface area contributed by atoms with Crippen molar-refractivity contribution in [3.05, 3.63) is 66.0 Å². The van der Waals surface area contributed by atoms with Gasteiger partial charge in [-0.3, -0.25) is 9.69 Å². The Balaban J connectivity index is 1.55. The monoisotopic (exact) mass is 422 g/mol. The molecule has 1 fully saturated rings. The highest BCUT2D eigenvalue weighted by molar-refractivity contribution is 6.02. The normalized spacial score (nSPS) is 14.7. The Kier molecular flexibility index (Phi) is 6.49. The first-order valence-electron chi connectivity index (χ1n) is 10.5. The molecule has 0 atom stereocenters. The van der Waals surface area contributed by atoms with Crippen LogP contribution in [0.5, 0.6) is 5.75 Å². The minimum absolute atomic E-state index is 0.0502. The predicted molar refractivity (Wildman–Crippen MR) is 120 cm³/mol.